The number of rotatable bonds is 6. The standard InChI is InChI=1S/C15H26BrNO4/c1-14(2,3)21-13(20)17-15(12(18)19,9-6-10-16)11-7-4-5-8-11/h11H,4-10H2,1-3H3,(H,17,20)(H,18,19)/t15-/m1/s1. The fraction of sp³-hybridized carbons (Fsp3) is 0.867. The number of hydrogen-bond acceptors (Lipinski definition) is 3. The van der Waals surface area contributed by atoms with Gasteiger partial charge in [0.15, 0.2) is 0 Å². The summed E-state index contributed by atoms with van der Waals surface area (Å²) < 4.78 is 5.26. The molecule has 1 atom stereocenters. The predicted octanol–water partition coefficient (Wildman–Crippen LogP) is 3.70. The van der Waals surface area contributed by atoms with Gasteiger partial charge in [0, 0.05) is 5.33 Å². The van der Waals surface area contributed by atoms with E-state index >= 15 is 0 Å². The van der Waals surface area contributed by atoms with Crippen LogP contribution in [-0.4, -0.2) is 33.6 Å². The highest BCUT2D eigenvalue weighted by atomic mass is 79.9. The SMILES string of the molecule is CC(C)(C)OC(=O)N[C@@](CCCBr)(C(=O)O)C1CCCC1. The Kier molecular flexibility index (Phi) is 6.50. The molecule has 1 aliphatic carbocycles. The van der Waals surface area contributed by atoms with Gasteiger partial charge in [0.05, 0.1) is 0 Å². The minimum absolute atomic E-state index is 0.0263. The first-order valence-corrected chi connectivity index (χ1v) is 8.64. The lowest BCUT2D eigenvalue weighted by Crippen LogP contribution is -2.59. The normalized spacial score (nSPS) is 19.0. The number of ether oxygens (including phenoxy) is 1. The average molecular weight is 364 g/mol. The molecule has 0 aliphatic heterocycles. The molecule has 5 nitrogen and oxygen atoms in total. The summed E-state index contributed by atoms with van der Waals surface area (Å²) in [7, 11) is 0. The molecule has 0 aromatic carbocycles. The number of carboxylic acid groups (broad SMARTS) is 1. The van der Waals surface area contributed by atoms with E-state index in [1.54, 1.807) is 20.8 Å². The lowest BCUT2D eigenvalue weighted by Gasteiger charge is -2.36. The molecule has 1 saturated carbocycles. The van der Waals surface area contributed by atoms with Crippen LogP contribution in [0.15, 0.2) is 0 Å². The summed E-state index contributed by atoms with van der Waals surface area (Å²) in [6.45, 7) is 5.30. The van der Waals surface area contributed by atoms with Gasteiger partial charge in [-0.1, -0.05) is 28.8 Å². The maximum absolute atomic E-state index is 12.1. The van der Waals surface area contributed by atoms with Crippen LogP contribution in [0, 0.1) is 5.92 Å². The van der Waals surface area contributed by atoms with E-state index in [0.717, 1.165) is 25.7 Å². The lowest BCUT2D eigenvalue weighted by atomic mass is 9.79. The summed E-state index contributed by atoms with van der Waals surface area (Å²) in [5, 5.41) is 13.2. The summed E-state index contributed by atoms with van der Waals surface area (Å²) in [4.78, 5) is 24.0. The first-order valence-electron chi connectivity index (χ1n) is 7.52. The summed E-state index contributed by atoms with van der Waals surface area (Å²) >= 11 is 3.34. The van der Waals surface area contributed by atoms with Crippen molar-refractivity contribution in [1.29, 1.82) is 0 Å². The van der Waals surface area contributed by atoms with E-state index in [0.29, 0.717) is 18.2 Å². The number of alkyl carbamates (subject to hydrolysis) is 1. The third kappa shape index (κ3) is 5.16. The molecule has 0 aromatic heterocycles. The molecule has 0 bridgehead atoms. The fourth-order valence-corrected chi connectivity index (χ4v) is 3.23. The van der Waals surface area contributed by atoms with Crippen LogP contribution in [0.2, 0.25) is 0 Å². The maximum Gasteiger partial charge on any atom is 0.408 e. The topological polar surface area (TPSA) is 75.6 Å². The van der Waals surface area contributed by atoms with E-state index in [2.05, 4.69) is 21.2 Å². The molecule has 0 spiro atoms. The van der Waals surface area contributed by atoms with Gasteiger partial charge < -0.3 is 15.2 Å². The number of alkyl halides is 1. The highest BCUT2D eigenvalue weighted by molar-refractivity contribution is 9.09. The second-order valence-electron chi connectivity index (χ2n) is 6.68. The van der Waals surface area contributed by atoms with Crippen molar-refractivity contribution >= 4 is 28.0 Å². The molecule has 122 valence electrons. The Morgan fingerprint density at radius 2 is 1.86 bits per heavy atom. The second-order valence-corrected chi connectivity index (χ2v) is 7.47. The number of carboxylic acids is 1. The maximum atomic E-state index is 12.1. The first-order chi connectivity index (χ1) is 9.71. The Morgan fingerprint density at radius 3 is 2.29 bits per heavy atom. The van der Waals surface area contributed by atoms with Gasteiger partial charge in [-0.2, -0.15) is 0 Å². The third-order valence-electron chi connectivity index (χ3n) is 3.86. The fourth-order valence-electron chi connectivity index (χ4n) is 2.95. The second kappa shape index (κ2) is 7.47. The van der Waals surface area contributed by atoms with Gasteiger partial charge in [-0.15, -0.1) is 0 Å². The van der Waals surface area contributed by atoms with E-state index < -0.39 is 23.2 Å². The molecule has 1 amide bonds. The van der Waals surface area contributed by atoms with Crippen LogP contribution < -0.4 is 5.32 Å². The van der Waals surface area contributed by atoms with Crippen molar-refractivity contribution in [2.45, 2.75) is 70.4 Å². The molecular formula is C15H26BrNO4. The van der Waals surface area contributed by atoms with Crippen LogP contribution in [0.1, 0.15) is 59.3 Å². The lowest BCUT2D eigenvalue weighted by molar-refractivity contribution is -0.148. The minimum atomic E-state index is -1.22. The van der Waals surface area contributed by atoms with Gasteiger partial charge in [-0.05, 0) is 52.4 Å². The van der Waals surface area contributed by atoms with Crippen LogP contribution in [0.3, 0.4) is 0 Å². The third-order valence-corrected chi connectivity index (χ3v) is 4.42. The van der Waals surface area contributed by atoms with Gasteiger partial charge in [0.25, 0.3) is 0 Å². The largest absolute Gasteiger partial charge is 0.479 e. The van der Waals surface area contributed by atoms with Crippen LogP contribution in [0.25, 0.3) is 0 Å². The van der Waals surface area contributed by atoms with Crippen LogP contribution in [0.5, 0.6) is 0 Å². The van der Waals surface area contributed by atoms with Gasteiger partial charge in [0.1, 0.15) is 11.1 Å². The van der Waals surface area contributed by atoms with Crippen molar-refractivity contribution in [1.82, 2.24) is 5.32 Å². The van der Waals surface area contributed by atoms with Crippen LogP contribution in [0.4, 0.5) is 4.79 Å². The Morgan fingerprint density at radius 1 is 1.29 bits per heavy atom. The molecule has 0 saturated heterocycles. The average Bonchev–Trinajstić information content (AvgIpc) is 2.85. The Bertz CT molecular complexity index is 374. The monoisotopic (exact) mass is 363 g/mol. The number of carbonyl (C=O) groups excluding carboxylic acids is 1. The van der Waals surface area contributed by atoms with E-state index in [1.165, 1.54) is 0 Å². The highest BCUT2D eigenvalue weighted by Crippen LogP contribution is 2.37. The van der Waals surface area contributed by atoms with Crippen molar-refractivity contribution < 1.29 is 19.4 Å². The number of nitrogens with one attached hydrogen (secondary N) is 1. The molecule has 0 unspecified atom stereocenters. The molecular weight excluding hydrogens is 338 g/mol. The quantitative estimate of drug-likeness (QED) is 0.705. The number of aliphatic carboxylic acids is 1. The molecule has 1 aliphatic rings. The molecule has 1 rings (SSSR count). The number of amides is 1. The Balaban J connectivity index is 2.93. The summed E-state index contributed by atoms with van der Waals surface area (Å²) in [6, 6.07) is 0. The van der Waals surface area contributed by atoms with Crippen molar-refractivity contribution in [2.75, 3.05) is 5.33 Å². The summed E-state index contributed by atoms with van der Waals surface area (Å²) in [6.07, 6.45) is 4.17. The summed E-state index contributed by atoms with van der Waals surface area (Å²) in [5.41, 5.74) is -1.86. The zero-order valence-electron chi connectivity index (χ0n) is 13.1. The smallest absolute Gasteiger partial charge is 0.408 e. The molecule has 1 fully saturated rings. The molecule has 2 N–H and O–H groups in total. The number of halogens is 1. The molecule has 0 aromatic rings. The van der Waals surface area contributed by atoms with E-state index in [4.69, 9.17) is 4.74 Å². The molecule has 21 heavy (non-hydrogen) atoms. The van der Waals surface area contributed by atoms with Crippen molar-refractivity contribution in [2.24, 2.45) is 5.92 Å². The van der Waals surface area contributed by atoms with Crippen molar-refractivity contribution in [3.63, 3.8) is 0 Å². The van der Waals surface area contributed by atoms with Gasteiger partial charge in [0.2, 0.25) is 0 Å². The van der Waals surface area contributed by atoms with Crippen LogP contribution >= 0.6 is 15.9 Å². The van der Waals surface area contributed by atoms with Crippen LogP contribution in [-0.2, 0) is 9.53 Å². The zero-order valence-corrected chi connectivity index (χ0v) is 14.7. The van der Waals surface area contributed by atoms with Crippen molar-refractivity contribution in [3.05, 3.63) is 0 Å². The Hall–Kier alpha value is -0.780. The minimum Gasteiger partial charge on any atom is -0.479 e. The molecule has 0 radical (unpaired) electrons. The predicted molar refractivity (Wildman–Crippen MR) is 84.7 cm³/mol. The van der Waals surface area contributed by atoms with Crippen molar-refractivity contribution in [3.8, 4) is 0 Å². The number of carbonyl (C=O) groups is 2. The highest BCUT2D eigenvalue weighted by Gasteiger charge is 2.48. The Labute approximate surface area is 134 Å². The van der Waals surface area contributed by atoms with Gasteiger partial charge >= 0.3 is 12.1 Å². The van der Waals surface area contributed by atoms with Gasteiger partial charge in [-0.3, -0.25) is 0 Å². The number of hydrogen-bond donors (Lipinski definition) is 2. The van der Waals surface area contributed by atoms with E-state index in [-0.39, 0.29) is 5.92 Å². The summed E-state index contributed by atoms with van der Waals surface area (Å²) in [5.74, 6) is -0.984. The first kappa shape index (κ1) is 18.3. The molecule has 6 heteroatoms. The zero-order chi connectivity index (χ0) is 16.1. The van der Waals surface area contributed by atoms with E-state index in [9.17, 15) is 14.7 Å². The van der Waals surface area contributed by atoms with E-state index in [1.807, 2.05) is 0 Å². The molecule has 0 heterocycles. The van der Waals surface area contributed by atoms with Gasteiger partial charge in [-0.25, -0.2) is 9.59 Å².